The van der Waals surface area contributed by atoms with Gasteiger partial charge in [-0.2, -0.15) is 0 Å². The number of hydrogen-bond donors (Lipinski definition) is 0. The Kier molecular flexibility index (Phi) is 4.58. The smallest absolute Gasteiger partial charge is 0.336 e. The predicted molar refractivity (Wildman–Crippen MR) is 101 cm³/mol. The average molecular weight is 364 g/mol. The maximum absolute atomic E-state index is 11.9. The van der Waals surface area contributed by atoms with Crippen molar-refractivity contribution in [3.8, 4) is 11.5 Å². The second-order valence-electron chi connectivity index (χ2n) is 5.80. The van der Waals surface area contributed by atoms with Crippen molar-refractivity contribution in [2.75, 3.05) is 0 Å². The van der Waals surface area contributed by atoms with Gasteiger partial charge in [0.1, 0.15) is 5.58 Å². The summed E-state index contributed by atoms with van der Waals surface area (Å²) >= 11 is 1.40. The molecule has 2 aromatic heterocycles. The van der Waals surface area contributed by atoms with Crippen LogP contribution >= 0.6 is 11.8 Å². The minimum Gasteiger partial charge on any atom is -0.423 e. The predicted octanol–water partition coefficient (Wildman–Crippen LogP) is 4.70. The molecule has 0 saturated heterocycles. The molecule has 6 heteroatoms. The summed E-state index contributed by atoms with van der Waals surface area (Å²) in [5.41, 5.74) is 3.17. The van der Waals surface area contributed by atoms with Crippen molar-refractivity contribution in [3.63, 3.8) is 0 Å². The van der Waals surface area contributed by atoms with Gasteiger partial charge in [-0.1, -0.05) is 49.0 Å². The van der Waals surface area contributed by atoms with Gasteiger partial charge in [-0.3, -0.25) is 0 Å². The third kappa shape index (κ3) is 3.41. The zero-order chi connectivity index (χ0) is 17.9. The summed E-state index contributed by atoms with van der Waals surface area (Å²) < 4.78 is 11.1. The van der Waals surface area contributed by atoms with Crippen molar-refractivity contribution >= 4 is 22.7 Å². The van der Waals surface area contributed by atoms with Gasteiger partial charge in [0.2, 0.25) is 5.89 Å². The summed E-state index contributed by atoms with van der Waals surface area (Å²) in [5, 5.41) is 9.56. The van der Waals surface area contributed by atoms with Gasteiger partial charge >= 0.3 is 5.63 Å². The van der Waals surface area contributed by atoms with E-state index < -0.39 is 0 Å². The lowest BCUT2D eigenvalue weighted by Gasteiger charge is -2.05. The molecule has 0 atom stereocenters. The third-order valence-corrected chi connectivity index (χ3v) is 4.95. The summed E-state index contributed by atoms with van der Waals surface area (Å²) in [7, 11) is 0. The van der Waals surface area contributed by atoms with E-state index >= 15 is 0 Å². The fourth-order valence-electron chi connectivity index (χ4n) is 2.72. The Balaban J connectivity index is 1.58. The van der Waals surface area contributed by atoms with Crippen LogP contribution in [0.4, 0.5) is 0 Å². The van der Waals surface area contributed by atoms with Crippen LogP contribution in [-0.4, -0.2) is 10.2 Å². The zero-order valence-electron chi connectivity index (χ0n) is 14.1. The Morgan fingerprint density at radius 1 is 1.00 bits per heavy atom. The molecule has 2 heterocycles. The molecule has 2 aromatic carbocycles. The van der Waals surface area contributed by atoms with E-state index in [4.69, 9.17) is 8.83 Å². The quantitative estimate of drug-likeness (QED) is 0.378. The molecule has 0 N–H and O–H groups in total. The van der Waals surface area contributed by atoms with Gasteiger partial charge in [-0.15, -0.1) is 10.2 Å². The van der Waals surface area contributed by atoms with E-state index in [1.165, 1.54) is 17.8 Å². The van der Waals surface area contributed by atoms with Gasteiger partial charge in [0.05, 0.1) is 0 Å². The van der Waals surface area contributed by atoms with E-state index in [2.05, 4.69) is 23.2 Å². The van der Waals surface area contributed by atoms with Gasteiger partial charge in [-0.25, -0.2) is 4.79 Å². The lowest BCUT2D eigenvalue weighted by Crippen LogP contribution is -2.00. The van der Waals surface area contributed by atoms with Crippen molar-refractivity contribution in [2.45, 2.75) is 24.3 Å². The molecular formula is C20H16N2O3S. The number of fused-ring (bicyclic) bond motifs is 1. The molecule has 0 aliphatic heterocycles. The van der Waals surface area contributed by atoms with Crippen LogP contribution in [0.3, 0.4) is 0 Å². The first-order chi connectivity index (χ1) is 12.7. The SMILES string of the molecule is CCc1ccc2c(CSc3nnc(-c4ccccc4)o3)cc(=O)oc2c1. The molecule has 26 heavy (non-hydrogen) atoms. The van der Waals surface area contributed by atoms with Crippen LogP contribution in [0.25, 0.3) is 22.4 Å². The Morgan fingerprint density at radius 3 is 2.65 bits per heavy atom. The van der Waals surface area contributed by atoms with Gasteiger partial charge in [0.25, 0.3) is 5.22 Å². The van der Waals surface area contributed by atoms with Crippen LogP contribution in [-0.2, 0) is 12.2 Å². The van der Waals surface area contributed by atoms with E-state index in [0.29, 0.717) is 22.4 Å². The van der Waals surface area contributed by atoms with E-state index in [1.807, 2.05) is 42.5 Å². The van der Waals surface area contributed by atoms with Crippen LogP contribution in [0.1, 0.15) is 18.1 Å². The van der Waals surface area contributed by atoms with Crippen molar-refractivity contribution < 1.29 is 8.83 Å². The van der Waals surface area contributed by atoms with Crippen LogP contribution in [0.15, 0.2) is 73.4 Å². The first-order valence-electron chi connectivity index (χ1n) is 8.30. The van der Waals surface area contributed by atoms with E-state index in [9.17, 15) is 4.79 Å². The summed E-state index contributed by atoms with van der Waals surface area (Å²) in [5.74, 6) is 1.03. The van der Waals surface area contributed by atoms with Crippen molar-refractivity contribution in [3.05, 3.63) is 76.1 Å². The third-order valence-electron chi connectivity index (χ3n) is 4.08. The molecule has 0 bridgehead atoms. The van der Waals surface area contributed by atoms with Crippen LogP contribution in [0, 0.1) is 0 Å². The van der Waals surface area contributed by atoms with Crippen molar-refractivity contribution in [2.24, 2.45) is 0 Å². The maximum Gasteiger partial charge on any atom is 0.336 e. The molecule has 4 rings (SSSR count). The first kappa shape index (κ1) is 16.6. The average Bonchev–Trinajstić information content (AvgIpc) is 3.15. The van der Waals surface area contributed by atoms with Gasteiger partial charge in [0.15, 0.2) is 0 Å². The molecule has 0 fully saturated rings. The van der Waals surface area contributed by atoms with Crippen LogP contribution in [0.5, 0.6) is 0 Å². The molecule has 130 valence electrons. The number of hydrogen-bond acceptors (Lipinski definition) is 6. The molecule has 0 radical (unpaired) electrons. The zero-order valence-corrected chi connectivity index (χ0v) is 15.0. The molecular weight excluding hydrogens is 348 g/mol. The second-order valence-corrected chi connectivity index (χ2v) is 6.73. The molecule has 0 aliphatic carbocycles. The van der Waals surface area contributed by atoms with E-state index in [0.717, 1.165) is 28.5 Å². The Labute approximate surface area is 154 Å². The lowest BCUT2D eigenvalue weighted by molar-refractivity contribution is 0.466. The summed E-state index contributed by atoms with van der Waals surface area (Å²) in [6.45, 7) is 2.07. The normalized spacial score (nSPS) is 11.1. The molecule has 0 spiro atoms. The van der Waals surface area contributed by atoms with Crippen molar-refractivity contribution in [1.82, 2.24) is 10.2 Å². The minimum absolute atomic E-state index is 0.350. The molecule has 5 nitrogen and oxygen atoms in total. The summed E-state index contributed by atoms with van der Waals surface area (Å²) in [6, 6.07) is 17.1. The van der Waals surface area contributed by atoms with Crippen LogP contribution in [0.2, 0.25) is 0 Å². The number of thioether (sulfide) groups is 1. The van der Waals surface area contributed by atoms with Crippen LogP contribution < -0.4 is 5.63 Å². The Morgan fingerprint density at radius 2 is 1.85 bits per heavy atom. The van der Waals surface area contributed by atoms with Crippen molar-refractivity contribution in [1.29, 1.82) is 0 Å². The van der Waals surface area contributed by atoms with E-state index in [-0.39, 0.29) is 5.63 Å². The molecule has 4 aromatic rings. The van der Waals surface area contributed by atoms with E-state index in [1.54, 1.807) is 0 Å². The minimum atomic E-state index is -0.350. The monoisotopic (exact) mass is 364 g/mol. The second kappa shape index (κ2) is 7.17. The highest BCUT2D eigenvalue weighted by Gasteiger charge is 2.11. The number of nitrogens with zero attached hydrogens (tertiary/aromatic N) is 2. The number of benzene rings is 2. The standard InChI is InChI=1S/C20H16N2O3S/c1-2-13-8-9-16-15(11-18(23)24-17(16)10-13)12-26-20-22-21-19(25-20)14-6-4-3-5-7-14/h3-11H,2,12H2,1H3. The molecule has 0 unspecified atom stereocenters. The topological polar surface area (TPSA) is 69.1 Å². The Hall–Kier alpha value is -2.86. The highest BCUT2D eigenvalue weighted by atomic mass is 32.2. The number of aromatic nitrogens is 2. The summed E-state index contributed by atoms with van der Waals surface area (Å²) in [6.07, 6.45) is 0.892. The fourth-order valence-corrected chi connectivity index (χ4v) is 3.47. The van der Waals surface area contributed by atoms with Gasteiger partial charge < -0.3 is 8.83 Å². The largest absolute Gasteiger partial charge is 0.423 e. The first-order valence-corrected chi connectivity index (χ1v) is 9.29. The fraction of sp³-hybridized carbons (Fsp3) is 0.150. The Bertz CT molecular complexity index is 1100. The van der Waals surface area contributed by atoms with Gasteiger partial charge in [-0.05, 0) is 35.7 Å². The maximum atomic E-state index is 11.9. The number of rotatable bonds is 5. The highest BCUT2D eigenvalue weighted by Crippen LogP contribution is 2.28. The number of aryl methyl sites for hydroxylation is 1. The van der Waals surface area contributed by atoms with Gasteiger partial charge in [0, 0.05) is 22.8 Å². The molecule has 0 aliphatic rings. The lowest BCUT2D eigenvalue weighted by atomic mass is 10.1. The summed E-state index contributed by atoms with van der Waals surface area (Å²) in [4.78, 5) is 11.9. The molecule has 0 amide bonds. The highest BCUT2D eigenvalue weighted by molar-refractivity contribution is 7.98. The molecule has 0 saturated carbocycles.